The summed E-state index contributed by atoms with van der Waals surface area (Å²) in [6.07, 6.45) is 4.90. The molecule has 3 rings (SSSR count). The van der Waals surface area contributed by atoms with Gasteiger partial charge in [-0.15, -0.1) is 0 Å². The number of rotatable bonds is 3. The van der Waals surface area contributed by atoms with Crippen LogP contribution in [-0.4, -0.2) is 10.5 Å². The smallest absolute Gasteiger partial charge is 0.336 e. The highest BCUT2D eigenvalue weighted by atomic mass is 16.5. The molecule has 0 N–H and O–H groups in total. The molecule has 0 saturated carbocycles. The van der Waals surface area contributed by atoms with Crippen LogP contribution in [0.5, 0.6) is 5.75 Å². The van der Waals surface area contributed by atoms with E-state index in [0.29, 0.717) is 11.3 Å². The second kappa shape index (κ2) is 5.73. The molecular weight excluding hydrogens is 282 g/mol. The van der Waals surface area contributed by atoms with Crippen molar-refractivity contribution in [2.75, 3.05) is 0 Å². The number of carbonyl (C=O) groups excluding carboxylic acids is 1. The van der Waals surface area contributed by atoms with E-state index in [-0.39, 0.29) is 0 Å². The molecule has 0 spiro atoms. The summed E-state index contributed by atoms with van der Waals surface area (Å²) in [5.41, 5.74) is 0.824. The fourth-order valence-electron chi connectivity index (χ4n) is 2.06. The van der Waals surface area contributed by atoms with Crippen molar-refractivity contribution < 1.29 is 13.9 Å². The lowest BCUT2D eigenvalue weighted by Gasteiger charge is -2.02. The summed E-state index contributed by atoms with van der Waals surface area (Å²) in [5.74, 6) is -0.179. The first-order valence-electron chi connectivity index (χ1n) is 6.67. The lowest BCUT2D eigenvalue weighted by atomic mass is 10.2. The van der Waals surface area contributed by atoms with E-state index in [9.17, 15) is 9.59 Å². The van der Waals surface area contributed by atoms with Crippen LogP contribution < -0.4 is 10.4 Å². The van der Waals surface area contributed by atoms with Gasteiger partial charge in [-0.25, -0.2) is 9.59 Å². The van der Waals surface area contributed by atoms with E-state index in [1.54, 1.807) is 24.3 Å². The average molecular weight is 295 g/mol. The van der Waals surface area contributed by atoms with Crippen LogP contribution in [0, 0.1) is 0 Å². The molecule has 0 bridgehead atoms. The van der Waals surface area contributed by atoms with Crippen molar-refractivity contribution in [2.45, 2.75) is 0 Å². The zero-order valence-corrected chi connectivity index (χ0v) is 11.9. The van der Waals surface area contributed by atoms with Gasteiger partial charge in [0.25, 0.3) is 0 Å². The molecule has 0 fully saturated rings. The van der Waals surface area contributed by atoms with Crippen molar-refractivity contribution in [1.82, 2.24) is 4.57 Å². The SMILES string of the molecule is Cn1cccc1/C=C/C(=O)Oc1ccc2ccc(=O)oc2c1. The molecule has 2 aromatic heterocycles. The van der Waals surface area contributed by atoms with Gasteiger partial charge in [-0.3, -0.25) is 0 Å². The number of carbonyl (C=O) groups is 1. The van der Waals surface area contributed by atoms with Gasteiger partial charge in [0.1, 0.15) is 11.3 Å². The summed E-state index contributed by atoms with van der Waals surface area (Å²) < 4.78 is 12.1. The monoisotopic (exact) mass is 295 g/mol. The van der Waals surface area contributed by atoms with E-state index in [0.717, 1.165) is 11.1 Å². The number of aromatic nitrogens is 1. The molecule has 3 aromatic rings. The normalized spacial score (nSPS) is 11.1. The number of ether oxygens (including phenoxy) is 1. The minimum absolute atomic E-state index is 0.323. The zero-order valence-electron chi connectivity index (χ0n) is 11.9. The maximum absolute atomic E-state index is 11.8. The van der Waals surface area contributed by atoms with Crippen LogP contribution in [0.15, 0.2) is 63.9 Å². The lowest BCUT2D eigenvalue weighted by molar-refractivity contribution is -0.128. The lowest BCUT2D eigenvalue weighted by Crippen LogP contribution is -2.04. The topological polar surface area (TPSA) is 61.4 Å². The molecule has 0 atom stereocenters. The Balaban J connectivity index is 1.78. The van der Waals surface area contributed by atoms with E-state index >= 15 is 0 Å². The van der Waals surface area contributed by atoms with Crippen LogP contribution >= 0.6 is 0 Å². The maximum Gasteiger partial charge on any atom is 0.336 e. The number of nitrogens with zero attached hydrogens (tertiary/aromatic N) is 1. The Morgan fingerprint density at radius 1 is 1.23 bits per heavy atom. The van der Waals surface area contributed by atoms with E-state index in [1.165, 1.54) is 18.2 Å². The van der Waals surface area contributed by atoms with Crippen LogP contribution in [-0.2, 0) is 11.8 Å². The molecule has 0 unspecified atom stereocenters. The largest absolute Gasteiger partial charge is 0.423 e. The van der Waals surface area contributed by atoms with E-state index in [2.05, 4.69) is 0 Å². The Morgan fingerprint density at radius 3 is 2.82 bits per heavy atom. The van der Waals surface area contributed by atoms with Gasteiger partial charge in [0.15, 0.2) is 0 Å². The summed E-state index contributed by atoms with van der Waals surface area (Å²) >= 11 is 0. The second-order valence-corrected chi connectivity index (χ2v) is 4.75. The van der Waals surface area contributed by atoms with Gasteiger partial charge >= 0.3 is 11.6 Å². The van der Waals surface area contributed by atoms with Crippen molar-refractivity contribution in [3.8, 4) is 5.75 Å². The number of hydrogen-bond donors (Lipinski definition) is 0. The van der Waals surface area contributed by atoms with Gasteiger partial charge in [0.05, 0.1) is 0 Å². The summed E-state index contributed by atoms with van der Waals surface area (Å²) in [6.45, 7) is 0. The third-order valence-electron chi connectivity index (χ3n) is 3.19. The van der Waals surface area contributed by atoms with E-state index in [4.69, 9.17) is 9.15 Å². The third-order valence-corrected chi connectivity index (χ3v) is 3.19. The fourth-order valence-corrected chi connectivity index (χ4v) is 2.06. The fraction of sp³-hybridized carbons (Fsp3) is 0.0588. The third kappa shape index (κ3) is 2.98. The predicted octanol–water partition coefficient (Wildman–Crippen LogP) is 2.75. The van der Waals surface area contributed by atoms with Crippen LogP contribution in [0.3, 0.4) is 0 Å². The highest BCUT2D eigenvalue weighted by Gasteiger charge is 2.04. The second-order valence-electron chi connectivity index (χ2n) is 4.75. The van der Waals surface area contributed by atoms with Crippen molar-refractivity contribution in [1.29, 1.82) is 0 Å². The first-order valence-corrected chi connectivity index (χ1v) is 6.67. The molecule has 2 heterocycles. The molecule has 1 aromatic carbocycles. The van der Waals surface area contributed by atoms with E-state index in [1.807, 2.05) is 29.9 Å². The summed E-state index contributed by atoms with van der Waals surface area (Å²) in [7, 11) is 1.89. The Kier molecular flexibility index (Phi) is 3.62. The summed E-state index contributed by atoms with van der Waals surface area (Å²) in [6, 6.07) is 11.7. The predicted molar refractivity (Wildman–Crippen MR) is 82.6 cm³/mol. The van der Waals surface area contributed by atoms with Crippen molar-refractivity contribution in [3.05, 3.63) is 70.9 Å². The zero-order chi connectivity index (χ0) is 15.5. The van der Waals surface area contributed by atoms with Crippen molar-refractivity contribution in [3.63, 3.8) is 0 Å². The number of benzene rings is 1. The van der Waals surface area contributed by atoms with Gasteiger partial charge < -0.3 is 13.7 Å². The quantitative estimate of drug-likeness (QED) is 0.322. The molecule has 5 heteroatoms. The number of hydrogen-bond acceptors (Lipinski definition) is 4. The molecule has 0 radical (unpaired) electrons. The van der Waals surface area contributed by atoms with Crippen molar-refractivity contribution >= 4 is 23.0 Å². The van der Waals surface area contributed by atoms with Gasteiger partial charge in [-0.05, 0) is 36.4 Å². The molecule has 5 nitrogen and oxygen atoms in total. The van der Waals surface area contributed by atoms with Crippen molar-refractivity contribution in [2.24, 2.45) is 7.05 Å². The number of esters is 1. The summed E-state index contributed by atoms with van der Waals surface area (Å²) in [5, 5.41) is 0.763. The van der Waals surface area contributed by atoms with Gasteiger partial charge in [0, 0.05) is 42.5 Å². The molecule has 0 aliphatic rings. The first-order chi connectivity index (χ1) is 10.6. The standard InChI is InChI=1S/C17H13NO4/c1-18-10-2-3-13(18)6-9-16(19)21-14-7-4-12-5-8-17(20)22-15(12)11-14/h2-11H,1H3/b9-6+. The Morgan fingerprint density at radius 2 is 2.05 bits per heavy atom. The molecule has 0 aliphatic heterocycles. The van der Waals surface area contributed by atoms with E-state index < -0.39 is 11.6 Å². The van der Waals surface area contributed by atoms with Gasteiger partial charge in [-0.2, -0.15) is 0 Å². The molecule has 0 aliphatic carbocycles. The van der Waals surface area contributed by atoms with Crippen LogP contribution in [0.25, 0.3) is 17.0 Å². The Hall–Kier alpha value is -3.08. The average Bonchev–Trinajstić information content (AvgIpc) is 2.90. The maximum atomic E-state index is 11.8. The van der Waals surface area contributed by atoms with Gasteiger partial charge in [0.2, 0.25) is 0 Å². The molecule has 0 saturated heterocycles. The minimum Gasteiger partial charge on any atom is -0.423 e. The Labute approximate surface area is 126 Å². The van der Waals surface area contributed by atoms with Gasteiger partial charge in [-0.1, -0.05) is 0 Å². The molecule has 110 valence electrons. The Bertz CT molecular complexity index is 918. The highest BCUT2D eigenvalue weighted by molar-refractivity contribution is 5.89. The number of fused-ring (bicyclic) bond motifs is 1. The van der Waals surface area contributed by atoms with Crippen LogP contribution in [0.4, 0.5) is 0 Å². The molecule has 22 heavy (non-hydrogen) atoms. The van der Waals surface area contributed by atoms with Crippen LogP contribution in [0.1, 0.15) is 5.69 Å². The minimum atomic E-state index is -0.501. The first kappa shape index (κ1) is 13.9. The molecule has 0 amide bonds. The number of aryl methyl sites for hydroxylation is 1. The summed E-state index contributed by atoms with van der Waals surface area (Å²) in [4.78, 5) is 23.0. The molecular formula is C17H13NO4. The van der Waals surface area contributed by atoms with Crippen LogP contribution in [0.2, 0.25) is 0 Å². The highest BCUT2D eigenvalue weighted by Crippen LogP contribution is 2.19.